The number of carboxylic acid groups (broad SMARTS) is 1. The molecule has 0 saturated heterocycles. The zero-order valence-corrected chi connectivity index (χ0v) is 12.1. The van der Waals surface area contributed by atoms with Crippen LogP contribution < -0.4 is 5.32 Å². The summed E-state index contributed by atoms with van der Waals surface area (Å²) in [5, 5.41) is 11.9. The summed E-state index contributed by atoms with van der Waals surface area (Å²) in [4.78, 5) is 22.4. The Labute approximate surface area is 123 Å². The second kappa shape index (κ2) is 7.33. The molecule has 0 spiro atoms. The lowest BCUT2D eigenvalue weighted by Crippen LogP contribution is -2.33. The Bertz CT molecular complexity index is 467. The van der Waals surface area contributed by atoms with E-state index in [1.165, 1.54) is 12.8 Å². The second-order valence-corrected chi connectivity index (χ2v) is 6.03. The van der Waals surface area contributed by atoms with Crippen molar-refractivity contribution < 1.29 is 14.7 Å². The largest absolute Gasteiger partial charge is 0.478 e. The average Bonchev–Trinajstić information content (AvgIpc) is 2.92. The molecule has 0 aromatic heterocycles. The minimum atomic E-state index is -0.917. The van der Waals surface area contributed by atoms with E-state index in [4.69, 9.17) is 5.11 Å². The van der Waals surface area contributed by atoms with Gasteiger partial charge in [0.05, 0.1) is 11.3 Å². The fraction of sp³-hybridized carbons (Fsp3) is 0.467. The summed E-state index contributed by atoms with van der Waals surface area (Å²) >= 11 is 1.55. The molecule has 1 aromatic carbocycles. The van der Waals surface area contributed by atoms with Crippen molar-refractivity contribution in [1.29, 1.82) is 0 Å². The van der Waals surface area contributed by atoms with E-state index in [2.05, 4.69) is 5.32 Å². The van der Waals surface area contributed by atoms with Gasteiger partial charge in [0.1, 0.15) is 0 Å². The predicted octanol–water partition coefficient (Wildman–Crippen LogP) is 2.68. The van der Waals surface area contributed by atoms with Crippen molar-refractivity contribution in [2.24, 2.45) is 0 Å². The van der Waals surface area contributed by atoms with E-state index >= 15 is 0 Å². The third-order valence-electron chi connectivity index (χ3n) is 3.42. The number of aromatic carboxylic acids is 1. The van der Waals surface area contributed by atoms with Crippen molar-refractivity contribution in [1.82, 2.24) is 5.32 Å². The molecule has 1 aromatic rings. The fourth-order valence-electron chi connectivity index (χ4n) is 2.34. The van der Waals surface area contributed by atoms with E-state index in [1.807, 2.05) is 0 Å². The Kier molecular flexibility index (Phi) is 5.47. The number of carboxylic acids is 1. The van der Waals surface area contributed by atoms with Crippen molar-refractivity contribution in [3.8, 4) is 0 Å². The van der Waals surface area contributed by atoms with Gasteiger partial charge in [-0.05, 0) is 30.5 Å². The van der Waals surface area contributed by atoms with Crippen molar-refractivity contribution in [2.45, 2.75) is 37.5 Å². The van der Waals surface area contributed by atoms with Gasteiger partial charge in [-0.1, -0.05) is 25.0 Å². The standard InChI is InChI=1S/C15H19NO3S/c17-14(16-13-3-1-2-4-13)10-20-9-11-5-7-12(8-6-11)15(18)19/h5-8,13H,1-4,9-10H2,(H,16,17)(H,18,19). The molecule has 0 radical (unpaired) electrons. The highest BCUT2D eigenvalue weighted by Crippen LogP contribution is 2.18. The van der Waals surface area contributed by atoms with Gasteiger partial charge in [-0.25, -0.2) is 4.79 Å². The van der Waals surface area contributed by atoms with Crippen molar-refractivity contribution in [2.75, 3.05) is 5.75 Å². The van der Waals surface area contributed by atoms with Gasteiger partial charge < -0.3 is 10.4 Å². The van der Waals surface area contributed by atoms with Gasteiger partial charge in [-0.2, -0.15) is 0 Å². The first-order chi connectivity index (χ1) is 9.65. The van der Waals surface area contributed by atoms with Gasteiger partial charge in [-0.15, -0.1) is 11.8 Å². The van der Waals surface area contributed by atoms with Crippen LogP contribution in [-0.4, -0.2) is 28.8 Å². The quantitative estimate of drug-likeness (QED) is 0.846. The molecular weight excluding hydrogens is 274 g/mol. The smallest absolute Gasteiger partial charge is 0.335 e. The number of carbonyl (C=O) groups excluding carboxylic acids is 1. The number of amides is 1. The van der Waals surface area contributed by atoms with Gasteiger partial charge in [0.25, 0.3) is 0 Å². The number of benzene rings is 1. The molecule has 1 aliphatic carbocycles. The SMILES string of the molecule is O=C(CSCc1ccc(C(=O)O)cc1)NC1CCCC1. The number of thioether (sulfide) groups is 1. The summed E-state index contributed by atoms with van der Waals surface area (Å²) in [6.45, 7) is 0. The highest BCUT2D eigenvalue weighted by Gasteiger charge is 2.16. The molecular formula is C15H19NO3S. The first-order valence-electron chi connectivity index (χ1n) is 6.84. The Hall–Kier alpha value is -1.49. The molecule has 1 saturated carbocycles. The minimum absolute atomic E-state index is 0.101. The molecule has 1 aliphatic rings. The Morgan fingerprint density at radius 1 is 1.20 bits per heavy atom. The van der Waals surface area contributed by atoms with Crippen LogP contribution in [0.15, 0.2) is 24.3 Å². The molecule has 5 heteroatoms. The lowest BCUT2D eigenvalue weighted by atomic mass is 10.1. The fourth-order valence-corrected chi connectivity index (χ4v) is 3.14. The zero-order valence-electron chi connectivity index (χ0n) is 11.3. The highest BCUT2D eigenvalue weighted by molar-refractivity contribution is 7.99. The third-order valence-corrected chi connectivity index (χ3v) is 4.43. The molecule has 20 heavy (non-hydrogen) atoms. The number of hydrogen-bond donors (Lipinski definition) is 2. The molecule has 108 valence electrons. The van der Waals surface area contributed by atoms with Crippen LogP contribution in [-0.2, 0) is 10.5 Å². The first kappa shape index (κ1) is 14.9. The van der Waals surface area contributed by atoms with Crippen LogP contribution in [0.5, 0.6) is 0 Å². The maximum atomic E-state index is 11.7. The molecule has 0 heterocycles. The first-order valence-corrected chi connectivity index (χ1v) is 8.00. The summed E-state index contributed by atoms with van der Waals surface area (Å²) < 4.78 is 0. The molecule has 1 amide bonds. The summed E-state index contributed by atoms with van der Waals surface area (Å²) in [7, 11) is 0. The Morgan fingerprint density at radius 2 is 1.85 bits per heavy atom. The van der Waals surface area contributed by atoms with Crippen LogP contribution in [0, 0.1) is 0 Å². The van der Waals surface area contributed by atoms with E-state index < -0.39 is 5.97 Å². The summed E-state index contributed by atoms with van der Waals surface area (Å²) in [5.74, 6) is 0.360. The van der Waals surface area contributed by atoms with E-state index in [1.54, 1.807) is 36.0 Å². The zero-order chi connectivity index (χ0) is 14.4. The summed E-state index contributed by atoms with van der Waals surface area (Å²) in [6.07, 6.45) is 4.64. The molecule has 0 bridgehead atoms. The Balaban J connectivity index is 1.69. The third kappa shape index (κ3) is 4.56. The van der Waals surface area contributed by atoms with Crippen LogP contribution in [0.1, 0.15) is 41.6 Å². The van der Waals surface area contributed by atoms with Crippen molar-refractivity contribution >= 4 is 23.6 Å². The maximum Gasteiger partial charge on any atom is 0.335 e. The topological polar surface area (TPSA) is 66.4 Å². The van der Waals surface area contributed by atoms with Crippen molar-refractivity contribution in [3.63, 3.8) is 0 Å². The van der Waals surface area contributed by atoms with E-state index in [9.17, 15) is 9.59 Å². The van der Waals surface area contributed by atoms with Crippen LogP contribution in [0.3, 0.4) is 0 Å². The van der Waals surface area contributed by atoms with Gasteiger partial charge in [0.15, 0.2) is 0 Å². The second-order valence-electron chi connectivity index (χ2n) is 5.04. The van der Waals surface area contributed by atoms with Crippen LogP contribution >= 0.6 is 11.8 Å². The van der Waals surface area contributed by atoms with E-state index in [0.717, 1.165) is 24.2 Å². The monoisotopic (exact) mass is 293 g/mol. The predicted molar refractivity (Wildman–Crippen MR) is 80.0 cm³/mol. The average molecular weight is 293 g/mol. The lowest BCUT2D eigenvalue weighted by Gasteiger charge is -2.11. The van der Waals surface area contributed by atoms with Crippen LogP contribution in [0.25, 0.3) is 0 Å². The van der Waals surface area contributed by atoms with E-state index in [0.29, 0.717) is 11.8 Å². The Morgan fingerprint density at radius 3 is 2.45 bits per heavy atom. The summed E-state index contributed by atoms with van der Waals surface area (Å²) in [5.41, 5.74) is 1.33. The number of hydrogen-bond acceptors (Lipinski definition) is 3. The maximum absolute atomic E-state index is 11.7. The van der Waals surface area contributed by atoms with Crippen molar-refractivity contribution in [3.05, 3.63) is 35.4 Å². The molecule has 0 atom stereocenters. The normalized spacial score (nSPS) is 15.2. The van der Waals surface area contributed by atoms with Crippen LogP contribution in [0.2, 0.25) is 0 Å². The number of carbonyl (C=O) groups is 2. The molecule has 2 rings (SSSR count). The number of nitrogens with one attached hydrogen (secondary N) is 1. The molecule has 0 aliphatic heterocycles. The van der Waals surface area contributed by atoms with Gasteiger partial charge in [-0.3, -0.25) is 4.79 Å². The minimum Gasteiger partial charge on any atom is -0.478 e. The molecule has 4 nitrogen and oxygen atoms in total. The van der Waals surface area contributed by atoms with E-state index in [-0.39, 0.29) is 11.5 Å². The molecule has 1 fully saturated rings. The van der Waals surface area contributed by atoms with Gasteiger partial charge in [0.2, 0.25) is 5.91 Å². The van der Waals surface area contributed by atoms with Crippen LogP contribution in [0.4, 0.5) is 0 Å². The number of rotatable bonds is 6. The lowest BCUT2D eigenvalue weighted by molar-refractivity contribution is -0.119. The highest BCUT2D eigenvalue weighted by atomic mass is 32.2. The van der Waals surface area contributed by atoms with Gasteiger partial charge >= 0.3 is 5.97 Å². The van der Waals surface area contributed by atoms with Gasteiger partial charge in [0, 0.05) is 11.8 Å². The molecule has 0 unspecified atom stereocenters. The molecule has 2 N–H and O–H groups in total. The summed E-state index contributed by atoms with van der Waals surface area (Å²) in [6, 6.07) is 7.16.